The minimum atomic E-state index is -3.40. The first-order chi connectivity index (χ1) is 14.0. The fourth-order valence-corrected chi connectivity index (χ4v) is 4.71. The molecule has 1 saturated heterocycles. The molecule has 0 spiro atoms. The van der Waals surface area contributed by atoms with Crippen LogP contribution in [0.3, 0.4) is 0 Å². The number of hydrogen-bond acceptors (Lipinski definition) is 5. The van der Waals surface area contributed by atoms with Gasteiger partial charge in [-0.3, -0.25) is 14.4 Å². The SMILES string of the molecule is CC(C)[C@H](C(=O)N[C@H](C)C(=O)N1CCC[C@H](C(=O)CS(C)(=O)=O)C1)c1ccccc1. The number of amides is 2. The first-order valence-electron chi connectivity index (χ1n) is 10.3. The number of rotatable bonds is 8. The van der Waals surface area contributed by atoms with Crippen LogP contribution < -0.4 is 5.32 Å². The summed E-state index contributed by atoms with van der Waals surface area (Å²) < 4.78 is 22.8. The van der Waals surface area contributed by atoms with E-state index in [9.17, 15) is 22.8 Å². The molecule has 1 N–H and O–H groups in total. The van der Waals surface area contributed by atoms with Crippen molar-refractivity contribution in [1.82, 2.24) is 10.2 Å². The molecule has 3 atom stereocenters. The Labute approximate surface area is 179 Å². The number of nitrogens with one attached hydrogen (secondary N) is 1. The summed E-state index contributed by atoms with van der Waals surface area (Å²) in [5, 5.41) is 2.83. The molecule has 166 valence electrons. The van der Waals surface area contributed by atoms with Crippen molar-refractivity contribution in [3.8, 4) is 0 Å². The Morgan fingerprint density at radius 1 is 1.13 bits per heavy atom. The Morgan fingerprint density at radius 3 is 2.33 bits per heavy atom. The van der Waals surface area contributed by atoms with Gasteiger partial charge in [0.25, 0.3) is 0 Å². The van der Waals surface area contributed by atoms with Crippen LogP contribution in [0.15, 0.2) is 30.3 Å². The third-order valence-corrected chi connectivity index (χ3v) is 6.24. The molecule has 1 aliphatic heterocycles. The Morgan fingerprint density at radius 2 is 1.77 bits per heavy atom. The molecular weight excluding hydrogens is 404 g/mol. The van der Waals surface area contributed by atoms with Crippen LogP contribution in [0.5, 0.6) is 0 Å². The Kier molecular flexibility index (Phi) is 8.18. The first kappa shape index (κ1) is 24.1. The van der Waals surface area contributed by atoms with E-state index in [2.05, 4.69) is 5.32 Å². The van der Waals surface area contributed by atoms with Gasteiger partial charge in [0.05, 0.1) is 5.92 Å². The summed E-state index contributed by atoms with van der Waals surface area (Å²) in [5.41, 5.74) is 0.897. The van der Waals surface area contributed by atoms with Crippen molar-refractivity contribution in [2.75, 3.05) is 25.1 Å². The second-order valence-electron chi connectivity index (χ2n) is 8.52. The highest BCUT2D eigenvalue weighted by Gasteiger charge is 2.33. The molecular formula is C22H32N2O5S. The predicted octanol–water partition coefficient (Wildman–Crippen LogP) is 1.78. The van der Waals surface area contributed by atoms with E-state index < -0.39 is 27.5 Å². The maximum absolute atomic E-state index is 12.9. The maximum atomic E-state index is 12.9. The monoisotopic (exact) mass is 436 g/mol. The molecule has 0 aliphatic carbocycles. The minimum absolute atomic E-state index is 0.0580. The Hall–Kier alpha value is -2.22. The van der Waals surface area contributed by atoms with E-state index in [0.717, 1.165) is 11.8 Å². The van der Waals surface area contributed by atoms with Crippen LogP contribution in [0.1, 0.15) is 45.1 Å². The number of likely N-dealkylation sites (tertiary alicyclic amines) is 1. The summed E-state index contributed by atoms with van der Waals surface area (Å²) in [6, 6.07) is 8.73. The van der Waals surface area contributed by atoms with Crippen LogP contribution in [0.2, 0.25) is 0 Å². The zero-order valence-electron chi connectivity index (χ0n) is 18.1. The molecule has 0 aromatic heterocycles. The molecule has 1 aliphatic rings. The van der Waals surface area contributed by atoms with Crippen LogP contribution in [0.25, 0.3) is 0 Å². The fourth-order valence-electron chi connectivity index (χ4n) is 3.95. The van der Waals surface area contributed by atoms with Crippen molar-refractivity contribution in [2.24, 2.45) is 11.8 Å². The molecule has 0 bridgehead atoms. The molecule has 0 radical (unpaired) electrons. The minimum Gasteiger partial charge on any atom is -0.344 e. The van der Waals surface area contributed by atoms with Gasteiger partial charge < -0.3 is 10.2 Å². The van der Waals surface area contributed by atoms with Gasteiger partial charge in [0.15, 0.2) is 15.6 Å². The van der Waals surface area contributed by atoms with Crippen molar-refractivity contribution in [2.45, 2.75) is 45.6 Å². The summed E-state index contributed by atoms with van der Waals surface area (Å²) in [7, 11) is -3.40. The smallest absolute Gasteiger partial charge is 0.244 e. The molecule has 0 saturated carbocycles. The molecule has 30 heavy (non-hydrogen) atoms. The van der Waals surface area contributed by atoms with Crippen LogP contribution in [0, 0.1) is 11.8 Å². The second-order valence-corrected chi connectivity index (χ2v) is 10.7. The van der Waals surface area contributed by atoms with Gasteiger partial charge in [-0.1, -0.05) is 44.2 Å². The molecule has 2 amide bonds. The number of carbonyl (C=O) groups is 3. The lowest BCUT2D eigenvalue weighted by atomic mass is 9.87. The van der Waals surface area contributed by atoms with E-state index in [4.69, 9.17) is 0 Å². The topological polar surface area (TPSA) is 101 Å². The van der Waals surface area contributed by atoms with Gasteiger partial charge in [-0.15, -0.1) is 0 Å². The zero-order valence-corrected chi connectivity index (χ0v) is 18.9. The number of sulfone groups is 1. The highest BCUT2D eigenvalue weighted by Crippen LogP contribution is 2.25. The number of carbonyl (C=O) groups excluding carboxylic acids is 3. The van der Waals surface area contributed by atoms with Crippen LogP contribution in [0.4, 0.5) is 0 Å². The van der Waals surface area contributed by atoms with Crippen LogP contribution in [-0.4, -0.2) is 62.1 Å². The van der Waals surface area contributed by atoms with Gasteiger partial charge in [-0.2, -0.15) is 0 Å². The summed E-state index contributed by atoms with van der Waals surface area (Å²) in [4.78, 5) is 39.6. The lowest BCUT2D eigenvalue weighted by molar-refractivity contribution is -0.139. The summed E-state index contributed by atoms with van der Waals surface area (Å²) in [5.74, 6) is -2.10. The van der Waals surface area contributed by atoms with Gasteiger partial charge in [-0.25, -0.2) is 8.42 Å². The number of Topliss-reactive ketones (excluding diaryl/α,β-unsaturated/α-hetero) is 1. The van der Waals surface area contributed by atoms with E-state index in [1.165, 1.54) is 0 Å². The van der Waals surface area contributed by atoms with Crippen LogP contribution >= 0.6 is 0 Å². The maximum Gasteiger partial charge on any atom is 0.244 e. The Bertz CT molecular complexity index is 867. The van der Waals surface area contributed by atoms with Crippen molar-refractivity contribution >= 4 is 27.4 Å². The molecule has 8 heteroatoms. The van der Waals surface area contributed by atoms with Gasteiger partial charge in [0, 0.05) is 25.3 Å². The van der Waals surface area contributed by atoms with Crippen LogP contribution in [-0.2, 0) is 24.2 Å². The van der Waals surface area contributed by atoms with Crippen molar-refractivity contribution in [3.05, 3.63) is 35.9 Å². The molecule has 1 fully saturated rings. The summed E-state index contributed by atoms with van der Waals surface area (Å²) in [6.07, 6.45) is 2.24. The van der Waals surface area contributed by atoms with E-state index in [0.29, 0.717) is 19.4 Å². The van der Waals surface area contributed by atoms with Gasteiger partial charge in [0.2, 0.25) is 11.8 Å². The molecule has 1 aromatic rings. The lowest BCUT2D eigenvalue weighted by Gasteiger charge is -2.34. The average molecular weight is 437 g/mol. The van der Waals surface area contributed by atoms with E-state index >= 15 is 0 Å². The zero-order chi connectivity index (χ0) is 22.5. The lowest BCUT2D eigenvalue weighted by Crippen LogP contribution is -2.52. The molecule has 7 nitrogen and oxygen atoms in total. The van der Waals surface area contributed by atoms with Gasteiger partial charge >= 0.3 is 0 Å². The molecule has 0 unspecified atom stereocenters. The number of piperidine rings is 1. The third kappa shape index (κ3) is 6.65. The quantitative estimate of drug-likeness (QED) is 0.670. The first-order valence-corrected chi connectivity index (χ1v) is 12.4. The molecule has 1 heterocycles. The van der Waals surface area contributed by atoms with Gasteiger partial charge in [0.1, 0.15) is 11.8 Å². The van der Waals surface area contributed by atoms with E-state index in [1.807, 2.05) is 44.2 Å². The Balaban J connectivity index is 2.02. The third-order valence-electron chi connectivity index (χ3n) is 5.43. The molecule has 2 rings (SSSR count). The number of ketones is 1. The second kappa shape index (κ2) is 10.2. The van der Waals surface area contributed by atoms with E-state index in [-0.39, 0.29) is 36.0 Å². The fraction of sp³-hybridized carbons (Fsp3) is 0.591. The molecule has 1 aromatic carbocycles. The summed E-state index contributed by atoms with van der Waals surface area (Å²) >= 11 is 0. The number of hydrogen-bond donors (Lipinski definition) is 1. The average Bonchev–Trinajstić information content (AvgIpc) is 2.66. The predicted molar refractivity (Wildman–Crippen MR) is 116 cm³/mol. The largest absolute Gasteiger partial charge is 0.344 e. The summed E-state index contributed by atoms with van der Waals surface area (Å²) in [6.45, 7) is 6.26. The number of benzene rings is 1. The van der Waals surface area contributed by atoms with Crippen molar-refractivity contribution in [1.29, 1.82) is 0 Å². The highest BCUT2D eigenvalue weighted by molar-refractivity contribution is 7.91. The van der Waals surface area contributed by atoms with E-state index in [1.54, 1.807) is 11.8 Å². The van der Waals surface area contributed by atoms with Gasteiger partial charge in [-0.05, 0) is 31.2 Å². The normalized spacial score (nSPS) is 19.2. The number of nitrogens with zero attached hydrogens (tertiary/aromatic N) is 1. The van der Waals surface area contributed by atoms with Crippen molar-refractivity contribution in [3.63, 3.8) is 0 Å². The standard InChI is InChI=1S/C22H32N2O5S/c1-15(2)20(17-9-6-5-7-10-17)21(26)23-16(3)22(27)24-12-8-11-18(13-24)19(25)14-30(4,28)29/h5-7,9-10,15-16,18,20H,8,11-14H2,1-4H3,(H,23,26)/t16-,18+,20+/m1/s1. The van der Waals surface area contributed by atoms with Crippen molar-refractivity contribution < 1.29 is 22.8 Å². The highest BCUT2D eigenvalue weighted by atomic mass is 32.2.